The van der Waals surface area contributed by atoms with Gasteiger partial charge in [0.25, 0.3) is 0 Å². The number of imidazole rings is 1. The lowest BCUT2D eigenvalue weighted by molar-refractivity contribution is -0.127. The van der Waals surface area contributed by atoms with Crippen LogP contribution in [0.1, 0.15) is 6.42 Å². The minimum Gasteiger partial charge on any atom is -0.339 e. The summed E-state index contributed by atoms with van der Waals surface area (Å²) in [5.74, 6) is 0.164. The van der Waals surface area contributed by atoms with Crippen molar-refractivity contribution < 1.29 is 4.79 Å². The molecule has 14 heavy (non-hydrogen) atoms. The maximum absolute atomic E-state index is 11.4. The molecule has 1 aliphatic rings. The molecule has 1 unspecified atom stereocenters. The van der Waals surface area contributed by atoms with Gasteiger partial charge in [-0.25, -0.2) is 4.98 Å². The summed E-state index contributed by atoms with van der Waals surface area (Å²) in [5.41, 5.74) is 5.68. The van der Waals surface area contributed by atoms with E-state index in [4.69, 9.17) is 5.73 Å². The zero-order chi connectivity index (χ0) is 9.97. The molecule has 76 valence electrons. The standard InChI is InChI=1S/C9H14N4O/c10-8-5-9(14)13(6-8)4-3-12-2-1-11-7-12/h1-2,7-8H,3-6,10H2. The zero-order valence-electron chi connectivity index (χ0n) is 7.97. The van der Waals surface area contributed by atoms with Crippen molar-refractivity contribution in [3.63, 3.8) is 0 Å². The Bertz CT molecular complexity index is 309. The van der Waals surface area contributed by atoms with Gasteiger partial charge in [-0.2, -0.15) is 0 Å². The summed E-state index contributed by atoms with van der Waals surface area (Å²) in [4.78, 5) is 17.1. The fourth-order valence-electron chi connectivity index (χ4n) is 1.67. The maximum Gasteiger partial charge on any atom is 0.224 e. The van der Waals surface area contributed by atoms with E-state index >= 15 is 0 Å². The second-order valence-corrected chi connectivity index (χ2v) is 3.60. The van der Waals surface area contributed by atoms with Crippen LogP contribution in [-0.2, 0) is 11.3 Å². The molecular weight excluding hydrogens is 180 g/mol. The highest BCUT2D eigenvalue weighted by molar-refractivity contribution is 5.79. The van der Waals surface area contributed by atoms with Crippen molar-refractivity contribution in [3.05, 3.63) is 18.7 Å². The molecule has 1 aromatic heterocycles. The van der Waals surface area contributed by atoms with Crippen LogP contribution in [0.15, 0.2) is 18.7 Å². The number of hydrogen-bond donors (Lipinski definition) is 1. The van der Waals surface area contributed by atoms with Gasteiger partial charge in [-0.3, -0.25) is 4.79 Å². The van der Waals surface area contributed by atoms with Crippen molar-refractivity contribution in [2.75, 3.05) is 13.1 Å². The van der Waals surface area contributed by atoms with Crippen LogP contribution in [0.5, 0.6) is 0 Å². The number of carbonyl (C=O) groups is 1. The molecular formula is C9H14N4O. The Morgan fingerprint density at radius 1 is 1.57 bits per heavy atom. The van der Waals surface area contributed by atoms with Gasteiger partial charge in [0.2, 0.25) is 5.91 Å². The Balaban J connectivity index is 1.84. The molecule has 2 rings (SSSR count). The zero-order valence-corrected chi connectivity index (χ0v) is 7.97. The normalized spacial score (nSPS) is 21.9. The molecule has 1 fully saturated rings. The lowest BCUT2D eigenvalue weighted by atomic mass is 10.3. The van der Waals surface area contributed by atoms with Crippen molar-refractivity contribution in [2.45, 2.75) is 19.0 Å². The fourth-order valence-corrected chi connectivity index (χ4v) is 1.67. The molecule has 1 aliphatic heterocycles. The summed E-state index contributed by atoms with van der Waals surface area (Å²) >= 11 is 0. The molecule has 5 nitrogen and oxygen atoms in total. The summed E-state index contributed by atoms with van der Waals surface area (Å²) in [6.07, 6.45) is 5.86. The van der Waals surface area contributed by atoms with Gasteiger partial charge >= 0.3 is 0 Å². The number of likely N-dealkylation sites (tertiary alicyclic amines) is 1. The molecule has 1 amide bonds. The van der Waals surface area contributed by atoms with E-state index in [-0.39, 0.29) is 11.9 Å². The number of aromatic nitrogens is 2. The van der Waals surface area contributed by atoms with Crippen LogP contribution in [0.2, 0.25) is 0 Å². The van der Waals surface area contributed by atoms with Gasteiger partial charge in [-0.05, 0) is 0 Å². The van der Waals surface area contributed by atoms with Crippen LogP contribution >= 0.6 is 0 Å². The molecule has 0 aliphatic carbocycles. The van der Waals surface area contributed by atoms with E-state index in [2.05, 4.69) is 4.98 Å². The van der Waals surface area contributed by atoms with Crippen LogP contribution in [0.3, 0.4) is 0 Å². The SMILES string of the molecule is NC1CC(=O)N(CCn2ccnc2)C1. The van der Waals surface area contributed by atoms with Crippen LogP contribution in [0.25, 0.3) is 0 Å². The van der Waals surface area contributed by atoms with Crippen molar-refractivity contribution in [1.29, 1.82) is 0 Å². The van der Waals surface area contributed by atoms with E-state index in [0.29, 0.717) is 13.0 Å². The molecule has 0 spiro atoms. The highest BCUT2D eigenvalue weighted by atomic mass is 16.2. The maximum atomic E-state index is 11.4. The summed E-state index contributed by atoms with van der Waals surface area (Å²) in [6.45, 7) is 2.20. The second-order valence-electron chi connectivity index (χ2n) is 3.60. The van der Waals surface area contributed by atoms with Crippen LogP contribution in [-0.4, -0.2) is 39.5 Å². The quantitative estimate of drug-likeness (QED) is 0.701. The van der Waals surface area contributed by atoms with Gasteiger partial charge < -0.3 is 15.2 Å². The summed E-state index contributed by atoms with van der Waals surface area (Å²) in [6, 6.07) is 0.0188. The van der Waals surface area contributed by atoms with Gasteiger partial charge in [0, 0.05) is 44.5 Å². The van der Waals surface area contributed by atoms with E-state index in [1.54, 1.807) is 12.5 Å². The number of carbonyl (C=O) groups excluding carboxylic acids is 1. The number of nitrogens with two attached hydrogens (primary N) is 1. The number of rotatable bonds is 3. The predicted molar refractivity (Wildman–Crippen MR) is 51.4 cm³/mol. The first-order valence-corrected chi connectivity index (χ1v) is 4.75. The van der Waals surface area contributed by atoms with Crippen LogP contribution in [0, 0.1) is 0 Å². The highest BCUT2D eigenvalue weighted by Gasteiger charge is 2.26. The van der Waals surface area contributed by atoms with E-state index in [1.165, 1.54) is 0 Å². The third-order valence-corrected chi connectivity index (χ3v) is 2.43. The molecule has 2 heterocycles. The molecule has 0 bridgehead atoms. The van der Waals surface area contributed by atoms with E-state index in [9.17, 15) is 4.79 Å². The monoisotopic (exact) mass is 194 g/mol. The smallest absolute Gasteiger partial charge is 0.224 e. The predicted octanol–water partition coefficient (Wildman–Crippen LogP) is -0.557. The molecule has 0 saturated carbocycles. The lowest BCUT2D eigenvalue weighted by Crippen LogP contribution is -2.31. The highest BCUT2D eigenvalue weighted by Crippen LogP contribution is 2.08. The Kier molecular flexibility index (Phi) is 2.49. The average Bonchev–Trinajstić information content (AvgIpc) is 2.72. The van der Waals surface area contributed by atoms with Crippen molar-refractivity contribution in [3.8, 4) is 0 Å². The van der Waals surface area contributed by atoms with Gasteiger partial charge in [0.1, 0.15) is 0 Å². The first-order valence-electron chi connectivity index (χ1n) is 4.75. The van der Waals surface area contributed by atoms with E-state index in [0.717, 1.165) is 13.1 Å². The third-order valence-electron chi connectivity index (χ3n) is 2.43. The van der Waals surface area contributed by atoms with Gasteiger partial charge in [-0.1, -0.05) is 0 Å². The van der Waals surface area contributed by atoms with Crippen LogP contribution < -0.4 is 5.73 Å². The fraction of sp³-hybridized carbons (Fsp3) is 0.556. The minimum atomic E-state index is 0.0188. The van der Waals surface area contributed by atoms with Gasteiger partial charge in [0.15, 0.2) is 0 Å². The van der Waals surface area contributed by atoms with Crippen molar-refractivity contribution >= 4 is 5.91 Å². The Morgan fingerprint density at radius 2 is 2.43 bits per heavy atom. The Hall–Kier alpha value is -1.36. The number of amides is 1. The van der Waals surface area contributed by atoms with Gasteiger partial charge in [0.05, 0.1) is 6.33 Å². The molecule has 5 heteroatoms. The third kappa shape index (κ3) is 1.93. The number of nitrogens with zero attached hydrogens (tertiary/aromatic N) is 3. The summed E-state index contributed by atoms with van der Waals surface area (Å²) in [7, 11) is 0. The van der Waals surface area contributed by atoms with Crippen molar-refractivity contribution in [2.24, 2.45) is 5.73 Å². The molecule has 1 saturated heterocycles. The van der Waals surface area contributed by atoms with Crippen molar-refractivity contribution in [1.82, 2.24) is 14.5 Å². The summed E-state index contributed by atoms with van der Waals surface area (Å²) < 4.78 is 1.96. The molecule has 1 atom stereocenters. The molecule has 1 aromatic rings. The van der Waals surface area contributed by atoms with E-state index < -0.39 is 0 Å². The molecule has 0 aromatic carbocycles. The second kappa shape index (κ2) is 3.79. The first-order chi connectivity index (χ1) is 6.75. The lowest BCUT2D eigenvalue weighted by Gasteiger charge is -2.15. The Labute approximate surface area is 82.5 Å². The average molecular weight is 194 g/mol. The largest absolute Gasteiger partial charge is 0.339 e. The number of hydrogen-bond acceptors (Lipinski definition) is 3. The van der Waals surface area contributed by atoms with Crippen LogP contribution in [0.4, 0.5) is 0 Å². The minimum absolute atomic E-state index is 0.0188. The first kappa shape index (κ1) is 9.21. The molecule has 0 radical (unpaired) electrons. The summed E-state index contributed by atoms with van der Waals surface area (Å²) in [5, 5.41) is 0. The Morgan fingerprint density at radius 3 is 3.00 bits per heavy atom. The molecule has 2 N–H and O–H groups in total. The topological polar surface area (TPSA) is 64.2 Å². The van der Waals surface area contributed by atoms with Gasteiger partial charge in [-0.15, -0.1) is 0 Å². The van der Waals surface area contributed by atoms with E-state index in [1.807, 2.05) is 15.7 Å².